The number of anilines is 1. The van der Waals surface area contributed by atoms with Crippen LogP contribution >= 0.6 is 11.8 Å². The molecule has 2 N–H and O–H groups in total. The second-order valence-corrected chi connectivity index (χ2v) is 6.04. The fraction of sp³-hybridized carbons (Fsp3) is 0.357. The number of nitrogens with two attached hydrogens (primary N) is 1. The van der Waals surface area contributed by atoms with Gasteiger partial charge in [0.2, 0.25) is 5.95 Å². The number of hydrogen-bond donors (Lipinski definition) is 1. The van der Waals surface area contributed by atoms with Crippen LogP contribution in [0, 0.1) is 0 Å². The first-order valence-corrected chi connectivity index (χ1v) is 7.71. The normalized spacial score (nSPS) is 14.7. The largest absolute Gasteiger partial charge is 0.459 e. The summed E-state index contributed by atoms with van der Waals surface area (Å²) < 4.78 is 7.01. The molecular formula is C14H16N4O2S. The van der Waals surface area contributed by atoms with E-state index in [1.54, 1.807) is 34.5 Å². The van der Waals surface area contributed by atoms with Crippen molar-refractivity contribution in [2.24, 2.45) is 4.99 Å². The minimum Gasteiger partial charge on any atom is -0.459 e. The van der Waals surface area contributed by atoms with Crippen LogP contribution in [0.1, 0.15) is 24.2 Å². The third-order valence-electron chi connectivity index (χ3n) is 3.02. The number of carbonyl (C=O) groups is 1. The van der Waals surface area contributed by atoms with E-state index < -0.39 is 0 Å². The zero-order valence-corrected chi connectivity index (χ0v) is 12.7. The SMILES string of the molecule is CC(C)OC(=O)c1ccc2nc(N)n(C3=NCCS3)c2c1. The molecule has 0 unspecified atom stereocenters. The number of aromatic nitrogens is 2. The van der Waals surface area contributed by atoms with Gasteiger partial charge in [0, 0.05) is 5.75 Å². The van der Waals surface area contributed by atoms with Crippen molar-refractivity contribution < 1.29 is 9.53 Å². The minimum atomic E-state index is -0.348. The van der Waals surface area contributed by atoms with E-state index in [1.807, 2.05) is 13.8 Å². The van der Waals surface area contributed by atoms with Crippen molar-refractivity contribution in [3.63, 3.8) is 0 Å². The van der Waals surface area contributed by atoms with Crippen molar-refractivity contribution in [1.29, 1.82) is 0 Å². The smallest absolute Gasteiger partial charge is 0.338 e. The number of ether oxygens (including phenoxy) is 1. The molecule has 0 fully saturated rings. The van der Waals surface area contributed by atoms with Gasteiger partial charge >= 0.3 is 5.97 Å². The van der Waals surface area contributed by atoms with Crippen LogP contribution < -0.4 is 5.73 Å². The molecule has 1 aromatic carbocycles. The fourth-order valence-electron chi connectivity index (χ4n) is 2.16. The van der Waals surface area contributed by atoms with Crippen molar-refractivity contribution in [2.45, 2.75) is 20.0 Å². The monoisotopic (exact) mass is 304 g/mol. The summed E-state index contributed by atoms with van der Waals surface area (Å²) >= 11 is 1.63. The van der Waals surface area contributed by atoms with E-state index in [1.165, 1.54) is 0 Å². The maximum atomic E-state index is 12.0. The topological polar surface area (TPSA) is 82.5 Å². The van der Waals surface area contributed by atoms with Gasteiger partial charge in [-0.3, -0.25) is 9.56 Å². The molecule has 0 saturated heterocycles. The molecule has 0 saturated carbocycles. The van der Waals surface area contributed by atoms with E-state index >= 15 is 0 Å². The van der Waals surface area contributed by atoms with Crippen LogP contribution in [0.25, 0.3) is 11.0 Å². The van der Waals surface area contributed by atoms with Gasteiger partial charge in [-0.25, -0.2) is 9.78 Å². The standard InChI is InChI=1S/C14H16N4O2S/c1-8(2)20-12(19)9-3-4-10-11(7-9)18(13(15)17-10)14-16-5-6-21-14/h3-4,7-8H,5-6H2,1-2H3,(H2,15,17). The van der Waals surface area contributed by atoms with Gasteiger partial charge in [-0.1, -0.05) is 11.8 Å². The molecule has 21 heavy (non-hydrogen) atoms. The zero-order chi connectivity index (χ0) is 15.0. The lowest BCUT2D eigenvalue weighted by Crippen LogP contribution is -2.12. The number of fused-ring (bicyclic) bond motifs is 1. The number of benzene rings is 1. The highest BCUT2D eigenvalue weighted by Gasteiger charge is 2.18. The summed E-state index contributed by atoms with van der Waals surface area (Å²) in [7, 11) is 0. The Labute approximate surface area is 126 Å². The number of carbonyl (C=O) groups excluding carboxylic acids is 1. The minimum absolute atomic E-state index is 0.155. The number of thioether (sulfide) groups is 1. The van der Waals surface area contributed by atoms with Gasteiger partial charge in [0.25, 0.3) is 0 Å². The molecule has 0 radical (unpaired) electrons. The predicted molar refractivity (Wildman–Crippen MR) is 84.9 cm³/mol. The summed E-state index contributed by atoms with van der Waals surface area (Å²) in [6, 6.07) is 5.23. The Hall–Kier alpha value is -2.02. The molecule has 0 amide bonds. The molecule has 0 spiro atoms. The summed E-state index contributed by atoms with van der Waals surface area (Å²) in [5.74, 6) is 0.968. The second-order valence-electron chi connectivity index (χ2n) is 4.98. The van der Waals surface area contributed by atoms with Crippen LogP contribution in [-0.2, 0) is 4.74 Å². The molecule has 3 rings (SSSR count). The Balaban J connectivity index is 2.07. The lowest BCUT2D eigenvalue weighted by molar-refractivity contribution is 0.0378. The van der Waals surface area contributed by atoms with Gasteiger partial charge < -0.3 is 10.5 Å². The molecule has 110 valence electrons. The summed E-state index contributed by atoms with van der Waals surface area (Å²) in [4.78, 5) is 20.8. The highest BCUT2D eigenvalue weighted by molar-refractivity contribution is 8.14. The average molecular weight is 304 g/mol. The summed E-state index contributed by atoms with van der Waals surface area (Å²) in [5.41, 5.74) is 7.98. The third kappa shape index (κ3) is 2.61. The lowest BCUT2D eigenvalue weighted by Gasteiger charge is -2.08. The number of hydrogen-bond acceptors (Lipinski definition) is 6. The first-order chi connectivity index (χ1) is 10.1. The number of imidazole rings is 1. The van der Waals surface area contributed by atoms with E-state index in [4.69, 9.17) is 10.5 Å². The van der Waals surface area contributed by atoms with Gasteiger partial charge in [-0.2, -0.15) is 0 Å². The predicted octanol–water partition coefficient (Wildman–Crippen LogP) is 2.13. The molecule has 0 bridgehead atoms. The molecule has 7 heteroatoms. The summed E-state index contributed by atoms with van der Waals surface area (Å²) in [6.07, 6.45) is -0.155. The Morgan fingerprint density at radius 2 is 2.29 bits per heavy atom. The number of nitrogen functional groups attached to an aromatic ring is 1. The average Bonchev–Trinajstić information content (AvgIpc) is 3.02. The zero-order valence-electron chi connectivity index (χ0n) is 11.9. The van der Waals surface area contributed by atoms with Crippen LogP contribution in [0.15, 0.2) is 23.2 Å². The highest BCUT2D eigenvalue weighted by atomic mass is 32.2. The van der Waals surface area contributed by atoms with Gasteiger partial charge in [-0.15, -0.1) is 0 Å². The van der Waals surface area contributed by atoms with Gasteiger partial charge in [0.05, 0.1) is 29.2 Å². The van der Waals surface area contributed by atoms with Crippen LogP contribution in [0.4, 0.5) is 5.95 Å². The molecule has 0 atom stereocenters. The number of esters is 1. The van der Waals surface area contributed by atoms with Crippen molar-refractivity contribution in [2.75, 3.05) is 18.0 Å². The molecule has 2 heterocycles. The Bertz CT molecular complexity index is 736. The number of aliphatic imine (C=N–C) groups is 1. The quantitative estimate of drug-likeness (QED) is 0.859. The lowest BCUT2D eigenvalue weighted by atomic mass is 10.2. The van der Waals surface area contributed by atoms with Crippen molar-refractivity contribution in [3.05, 3.63) is 23.8 Å². The van der Waals surface area contributed by atoms with Crippen LogP contribution in [0.3, 0.4) is 0 Å². The van der Waals surface area contributed by atoms with E-state index in [2.05, 4.69) is 9.98 Å². The molecule has 6 nitrogen and oxygen atoms in total. The van der Waals surface area contributed by atoms with Gasteiger partial charge in [0.15, 0.2) is 5.17 Å². The molecule has 1 aromatic heterocycles. The third-order valence-corrected chi connectivity index (χ3v) is 3.98. The van der Waals surface area contributed by atoms with E-state index in [9.17, 15) is 4.79 Å². The molecule has 1 aliphatic rings. The number of nitrogens with zero attached hydrogens (tertiary/aromatic N) is 3. The van der Waals surface area contributed by atoms with Crippen LogP contribution in [-0.4, -0.2) is 39.1 Å². The Kier molecular flexibility index (Phi) is 3.59. The van der Waals surface area contributed by atoms with Crippen molar-refractivity contribution in [1.82, 2.24) is 9.55 Å². The van der Waals surface area contributed by atoms with E-state index in [0.29, 0.717) is 11.5 Å². The molecule has 1 aliphatic heterocycles. The maximum Gasteiger partial charge on any atom is 0.338 e. The van der Waals surface area contributed by atoms with Crippen molar-refractivity contribution >= 4 is 39.9 Å². The first-order valence-electron chi connectivity index (χ1n) is 6.73. The molecular weight excluding hydrogens is 288 g/mol. The number of rotatable bonds is 2. The first kappa shape index (κ1) is 13.9. The highest BCUT2D eigenvalue weighted by Crippen LogP contribution is 2.25. The van der Waals surface area contributed by atoms with E-state index in [0.717, 1.165) is 28.5 Å². The van der Waals surface area contributed by atoms with Crippen LogP contribution in [0.5, 0.6) is 0 Å². The van der Waals surface area contributed by atoms with E-state index in [-0.39, 0.29) is 12.1 Å². The molecule has 0 aliphatic carbocycles. The van der Waals surface area contributed by atoms with Crippen molar-refractivity contribution in [3.8, 4) is 0 Å². The molecule has 2 aromatic rings. The van der Waals surface area contributed by atoms with Crippen LogP contribution in [0.2, 0.25) is 0 Å². The maximum absolute atomic E-state index is 12.0. The Morgan fingerprint density at radius 3 is 2.95 bits per heavy atom. The Morgan fingerprint density at radius 1 is 1.48 bits per heavy atom. The summed E-state index contributed by atoms with van der Waals surface area (Å²) in [5, 5.41) is 0.823. The van der Waals surface area contributed by atoms with Gasteiger partial charge in [-0.05, 0) is 32.0 Å². The van der Waals surface area contributed by atoms with Gasteiger partial charge in [0.1, 0.15) is 0 Å². The fourth-order valence-corrected chi connectivity index (χ4v) is 3.03. The summed E-state index contributed by atoms with van der Waals surface area (Å²) in [6.45, 7) is 4.42. The second kappa shape index (κ2) is 5.40.